The van der Waals surface area contributed by atoms with Crippen LogP contribution in [0.1, 0.15) is 18.4 Å². The molecule has 6 nitrogen and oxygen atoms in total. The van der Waals surface area contributed by atoms with E-state index in [1.807, 2.05) is 25.2 Å². The van der Waals surface area contributed by atoms with Gasteiger partial charge in [-0.1, -0.05) is 0 Å². The summed E-state index contributed by atoms with van der Waals surface area (Å²) in [5.41, 5.74) is 1.11. The van der Waals surface area contributed by atoms with Crippen LogP contribution in [0.15, 0.2) is 23.2 Å². The van der Waals surface area contributed by atoms with Gasteiger partial charge in [-0.3, -0.25) is 4.99 Å². The average molecular weight is 477 g/mol. The van der Waals surface area contributed by atoms with Crippen LogP contribution in [0.25, 0.3) is 0 Å². The Hall–Kier alpha value is -1.22. The van der Waals surface area contributed by atoms with E-state index >= 15 is 0 Å². The third kappa shape index (κ3) is 7.57. The fraction of sp³-hybridized carbons (Fsp3) is 0.632. The van der Waals surface area contributed by atoms with Crippen molar-refractivity contribution in [1.82, 2.24) is 10.2 Å². The maximum absolute atomic E-state index is 5.70. The first-order valence-corrected chi connectivity index (χ1v) is 8.88. The van der Waals surface area contributed by atoms with Gasteiger partial charge in [-0.2, -0.15) is 0 Å². The van der Waals surface area contributed by atoms with Crippen LogP contribution in [-0.4, -0.2) is 65.5 Å². The minimum atomic E-state index is 0. The second-order valence-corrected chi connectivity index (χ2v) is 6.34. The summed E-state index contributed by atoms with van der Waals surface area (Å²) in [6, 6.07) is 5.86. The van der Waals surface area contributed by atoms with Gasteiger partial charge in [-0.25, -0.2) is 0 Å². The first-order valence-electron chi connectivity index (χ1n) is 8.88. The second kappa shape index (κ2) is 12.2. The van der Waals surface area contributed by atoms with Gasteiger partial charge >= 0.3 is 0 Å². The number of nitrogens with one attached hydrogen (secondary N) is 1. The predicted molar refractivity (Wildman–Crippen MR) is 116 cm³/mol. The molecule has 0 aromatic heterocycles. The number of benzene rings is 1. The van der Waals surface area contributed by atoms with Crippen molar-refractivity contribution < 1.29 is 14.2 Å². The summed E-state index contributed by atoms with van der Waals surface area (Å²) >= 11 is 0. The van der Waals surface area contributed by atoms with Gasteiger partial charge in [0.2, 0.25) is 0 Å². The van der Waals surface area contributed by atoms with Crippen molar-refractivity contribution in [1.29, 1.82) is 0 Å². The standard InChI is InChI=1S/C19H31N3O3.HI/c1-20-19(22(2)11-12-25-14-15-5-6-15)21-10-9-16-13-17(23-3)7-8-18(16)24-4;/h7-8,13,15H,5-6,9-12,14H2,1-4H3,(H,20,21);1H. The number of halogens is 1. The van der Waals surface area contributed by atoms with Gasteiger partial charge in [0.15, 0.2) is 5.96 Å². The van der Waals surface area contributed by atoms with E-state index in [0.29, 0.717) is 0 Å². The van der Waals surface area contributed by atoms with Gasteiger partial charge in [0.1, 0.15) is 11.5 Å². The Morgan fingerprint density at radius 3 is 2.65 bits per heavy atom. The van der Waals surface area contributed by atoms with Gasteiger partial charge in [0.25, 0.3) is 0 Å². The number of guanidine groups is 1. The predicted octanol–water partition coefficient (Wildman–Crippen LogP) is 2.80. The molecule has 7 heteroatoms. The molecule has 0 amide bonds. The van der Waals surface area contributed by atoms with Crippen LogP contribution in [0.5, 0.6) is 11.5 Å². The molecule has 0 spiro atoms. The fourth-order valence-electron chi connectivity index (χ4n) is 2.61. The average Bonchev–Trinajstić information content (AvgIpc) is 3.46. The number of methoxy groups -OCH3 is 2. The molecule has 0 unspecified atom stereocenters. The largest absolute Gasteiger partial charge is 0.497 e. The summed E-state index contributed by atoms with van der Waals surface area (Å²) in [5, 5.41) is 3.39. The Balaban J connectivity index is 0.00000338. The zero-order valence-corrected chi connectivity index (χ0v) is 18.6. The molecule has 1 aliphatic carbocycles. The molecular weight excluding hydrogens is 445 g/mol. The van der Waals surface area contributed by atoms with Crippen LogP contribution < -0.4 is 14.8 Å². The summed E-state index contributed by atoms with van der Waals surface area (Å²) in [7, 11) is 7.19. The minimum Gasteiger partial charge on any atom is -0.497 e. The molecule has 0 atom stereocenters. The normalized spacial score (nSPS) is 13.8. The first-order chi connectivity index (χ1) is 12.2. The van der Waals surface area contributed by atoms with E-state index in [-0.39, 0.29) is 24.0 Å². The van der Waals surface area contributed by atoms with E-state index in [0.717, 1.165) is 61.7 Å². The van der Waals surface area contributed by atoms with Crippen LogP contribution >= 0.6 is 24.0 Å². The third-order valence-electron chi connectivity index (χ3n) is 4.36. The highest BCUT2D eigenvalue weighted by molar-refractivity contribution is 14.0. The Morgan fingerprint density at radius 2 is 2.04 bits per heavy atom. The Kier molecular flexibility index (Phi) is 10.7. The van der Waals surface area contributed by atoms with Gasteiger partial charge in [0, 0.05) is 33.8 Å². The van der Waals surface area contributed by atoms with E-state index in [2.05, 4.69) is 15.2 Å². The van der Waals surface area contributed by atoms with Gasteiger partial charge in [-0.15, -0.1) is 24.0 Å². The van der Waals surface area contributed by atoms with Crippen molar-refractivity contribution in [3.63, 3.8) is 0 Å². The quantitative estimate of drug-likeness (QED) is 0.243. The van der Waals surface area contributed by atoms with E-state index in [9.17, 15) is 0 Å². The molecule has 0 bridgehead atoms. The lowest BCUT2D eigenvalue weighted by molar-refractivity contribution is 0.115. The second-order valence-electron chi connectivity index (χ2n) is 6.34. The van der Waals surface area contributed by atoms with Gasteiger partial charge in [0.05, 0.1) is 20.8 Å². The van der Waals surface area contributed by atoms with Gasteiger partial charge < -0.3 is 24.4 Å². The van der Waals surface area contributed by atoms with Crippen molar-refractivity contribution in [2.45, 2.75) is 19.3 Å². The SMILES string of the molecule is CN=C(NCCc1cc(OC)ccc1OC)N(C)CCOCC1CC1.I. The summed E-state index contributed by atoms with van der Waals surface area (Å²) in [6.45, 7) is 3.23. The van der Waals surface area contributed by atoms with Crippen molar-refractivity contribution >= 4 is 29.9 Å². The van der Waals surface area contributed by atoms with E-state index in [1.165, 1.54) is 12.8 Å². The molecule has 148 valence electrons. The van der Waals surface area contributed by atoms with E-state index < -0.39 is 0 Å². The number of ether oxygens (including phenoxy) is 3. The van der Waals surface area contributed by atoms with Crippen molar-refractivity contribution in [3.05, 3.63) is 23.8 Å². The lowest BCUT2D eigenvalue weighted by Crippen LogP contribution is -2.41. The molecule has 0 radical (unpaired) electrons. The zero-order chi connectivity index (χ0) is 18.1. The van der Waals surface area contributed by atoms with Crippen LogP contribution in [0, 0.1) is 5.92 Å². The molecule has 1 aromatic rings. The topological polar surface area (TPSA) is 55.3 Å². The Morgan fingerprint density at radius 1 is 1.27 bits per heavy atom. The van der Waals surface area contributed by atoms with Crippen molar-refractivity contribution in [3.8, 4) is 11.5 Å². The maximum atomic E-state index is 5.70. The molecule has 1 aliphatic rings. The molecule has 2 rings (SSSR count). The van der Waals surface area contributed by atoms with Gasteiger partial charge in [-0.05, 0) is 48.9 Å². The van der Waals surface area contributed by atoms with Crippen molar-refractivity contribution in [2.24, 2.45) is 10.9 Å². The highest BCUT2D eigenvalue weighted by atomic mass is 127. The molecule has 26 heavy (non-hydrogen) atoms. The first kappa shape index (κ1) is 22.8. The summed E-state index contributed by atoms with van der Waals surface area (Å²) in [5.74, 6) is 3.39. The minimum absolute atomic E-state index is 0. The lowest BCUT2D eigenvalue weighted by atomic mass is 10.1. The van der Waals surface area contributed by atoms with Crippen molar-refractivity contribution in [2.75, 3.05) is 54.6 Å². The number of nitrogens with zero attached hydrogens (tertiary/aromatic N) is 2. The molecule has 0 heterocycles. The maximum Gasteiger partial charge on any atom is 0.193 e. The number of likely N-dealkylation sites (N-methyl/N-ethyl adjacent to an activating group) is 1. The molecule has 0 aliphatic heterocycles. The highest BCUT2D eigenvalue weighted by Crippen LogP contribution is 2.28. The number of hydrogen-bond donors (Lipinski definition) is 1. The van der Waals surface area contributed by atoms with Crippen LogP contribution in [0.4, 0.5) is 0 Å². The number of hydrogen-bond acceptors (Lipinski definition) is 4. The summed E-state index contributed by atoms with van der Waals surface area (Å²) in [6.07, 6.45) is 3.48. The number of rotatable bonds is 10. The van der Waals surface area contributed by atoms with E-state index in [1.54, 1.807) is 21.3 Å². The third-order valence-corrected chi connectivity index (χ3v) is 4.36. The van der Waals surface area contributed by atoms with Crippen LogP contribution in [0.3, 0.4) is 0 Å². The molecule has 0 saturated heterocycles. The monoisotopic (exact) mass is 477 g/mol. The Bertz CT molecular complexity index is 565. The highest BCUT2D eigenvalue weighted by Gasteiger charge is 2.21. The molecule has 1 fully saturated rings. The number of aliphatic imine (C=N–C) groups is 1. The Labute approximate surface area is 174 Å². The molecular formula is C19H32IN3O3. The molecule has 1 saturated carbocycles. The summed E-state index contributed by atoms with van der Waals surface area (Å²) in [4.78, 5) is 6.43. The van der Waals surface area contributed by atoms with Crippen LogP contribution in [-0.2, 0) is 11.2 Å². The van der Waals surface area contributed by atoms with E-state index in [4.69, 9.17) is 14.2 Å². The molecule has 1 N–H and O–H groups in total. The lowest BCUT2D eigenvalue weighted by Gasteiger charge is -2.22. The summed E-state index contributed by atoms with van der Waals surface area (Å²) < 4.78 is 16.4. The molecule has 1 aromatic carbocycles. The zero-order valence-electron chi connectivity index (χ0n) is 16.3. The fourth-order valence-corrected chi connectivity index (χ4v) is 2.61. The van der Waals surface area contributed by atoms with Crippen LogP contribution in [0.2, 0.25) is 0 Å². The smallest absolute Gasteiger partial charge is 0.193 e.